The number of benzene rings is 1. The Kier molecular flexibility index (Phi) is 2.25. The Morgan fingerprint density at radius 2 is 1.93 bits per heavy atom. The van der Waals surface area contributed by atoms with Gasteiger partial charge in [-0.05, 0) is 31.2 Å². The Morgan fingerprint density at radius 1 is 1.29 bits per heavy atom. The van der Waals surface area contributed by atoms with Crippen LogP contribution in [0.1, 0.15) is 5.56 Å². The quantitative estimate of drug-likeness (QED) is 0.708. The molecule has 1 aromatic carbocycles. The van der Waals surface area contributed by atoms with Crippen LogP contribution in [0.4, 0.5) is 4.39 Å². The number of halogens is 2. The van der Waals surface area contributed by atoms with Gasteiger partial charge in [0.1, 0.15) is 5.82 Å². The van der Waals surface area contributed by atoms with Crippen molar-refractivity contribution in [2.45, 2.75) is 6.92 Å². The molecule has 4 heteroatoms. The Bertz CT molecular complexity index is 428. The molecule has 0 radical (unpaired) electrons. The molecule has 0 fully saturated rings. The molecule has 72 valence electrons. The minimum Gasteiger partial charge on any atom is -0.239 e. The molecule has 1 aromatic heterocycles. The van der Waals surface area contributed by atoms with Crippen molar-refractivity contribution < 1.29 is 4.39 Å². The summed E-state index contributed by atoms with van der Waals surface area (Å²) in [6, 6.07) is 6.08. The maximum atomic E-state index is 12.6. The summed E-state index contributed by atoms with van der Waals surface area (Å²) in [7, 11) is 0. The normalized spacial score (nSPS) is 10.5. The van der Waals surface area contributed by atoms with Crippen molar-refractivity contribution in [2.24, 2.45) is 0 Å². The molecule has 0 aliphatic carbocycles. The minimum atomic E-state index is -0.260. The molecule has 0 aliphatic heterocycles. The highest BCUT2D eigenvalue weighted by atomic mass is 35.5. The molecule has 0 bridgehead atoms. The first-order valence-electron chi connectivity index (χ1n) is 4.14. The van der Waals surface area contributed by atoms with Gasteiger partial charge in [-0.1, -0.05) is 11.6 Å². The third-order valence-electron chi connectivity index (χ3n) is 1.93. The number of rotatable bonds is 1. The van der Waals surface area contributed by atoms with Crippen molar-refractivity contribution in [3.8, 4) is 5.69 Å². The molecule has 0 amide bonds. The Hall–Kier alpha value is -1.35. The molecule has 0 saturated carbocycles. The SMILES string of the molecule is Cc1cn(-c2ccc(F)cc2)nc1Cl. The predicted molar refractivity (Wildman–Crippen MR) is 53.3 cm³/mol. The number of aromatic nitrogens is 2. The minimum absolute atomic E-state index is 0.260. The summed E-state index contributed by atoms with van der Waals surface area (Å²) in [5.74, 6) is -0.260. The highest BCUT2D eigenvalue weighted by Gasteiger charge is 2.03. The van der Waals surface area contributed by atoms with Crippen molar-refractivity contribution >= 4 is 11.6 Å². The molecule has 0 N–H and O–H groups in total. The number of hydrogen-bond acceptors (Lipinski definition) is 1. The number of aryl methyl sites for hydroxylation is 1. The first-order valence-corrected chi connectivity index (χ1v) is 4.52. The zero-order valence-corrected chi connectivity index (χ0v) is 8.29. The van der Waals surface area contributed by atoms with E-state index in [-0.39, 0.29) is 5.82 Å². The van der Waals surface area contributed by atoms with Crippen molar-refractivity contribution in [2.75, 3.05) is 0 Å². The Balaban J connectivity index is 2.44. The lowest BCUT2D eigenvalue weighted by Gasteiger charge is -1.99. The van der Waals surface area contributed by atoms with Gasteiger partial charge >= 0.3 is 0 Å². The van der Waals surface area contributed by atoms with E-state index in [1.165, 1.54) is 12.1 Å². The fourth-order valence-corrected chi connectivity index (χ4v) is 1.30. The molecule has 0 unspecified atom stereocenters. The lowest BCUT2D eigenvalue weighted by Crippen LogP contribution is -1.93. The summed E-state index contributed by atoms with van der Waals surface area (Å²) >= 11 is 5.80. The van der Waals surface area contributed by atoms with Crippen LogP contribution in [0.25, 0.3) is 5.69 Å². The van der Waals surface area contributed by atoms with Gasteiger partial charge < -0.3 is 0 Å². The second-order valence-corrected chi connectivity index (χ2v) is 3.38. The van der Waals surface area contributed by atoms with Crippen LogP contribution in [-0.2, 0) is 0 Å². The van der Waals surface area contributed by atoms with Crippen LogP contribution in [0, 0.1) is 12.7 Å². The average molecular weight is 211 g/mol. The Labute approximate surface area is 85.9 Å². The lowest BCUT2D eigenvalue weighted by molar-refractivity contribution is 0.627. The first kappa shape index (κ1) is 9.21. The highest BCUT2D eigenvalue weighted by molar-refractivity contribution is 6.30. The Morgan fingerprint density at radius 3 is 2.43 bits per heavy atom. The topological polar surface area (TPSA) is 17.8 Å². The molecule has 1 heterocycles. The van der Waals surface area contributed by atoms with Crippen molar-refractivity contribution in [3.63, 3.8) is 0 Å². The van der Waals surface area contributed by atoms with Crippen LogP contribution in [0.15, 0.2) is 30.5 Å². The maximum Gasteiger partial charge on any atom is 0.154 e. The smallest absolute Gasteiger partial charge is 0.154 e. The van der Waals surface area contributed by atoms with Gasteiger partial charge in [0.05, 0.1) is 5.69 Å². The lowest BCUT2D eigenvalue weighted by atomic mass is 10.3. The predicted octanol–water partition coefficient (Wildman–Crippen LogP) is 2.97. The summed E-state index contributed by atoms with van der Waals surface area (Å²) in [5.41, 5.74) is 1.69. The number of nitrogens with zero attached hydrogens (tertiary/aromatic N) is 2. The van der Waals surface area contributed by atoms with E-state index in [0.29, 0.717) is 5.15 Å². The van der Waals surface area contributed by atoms with E-state index < -0.39 is 0 Å². The van der Waals surface area contributed by atoms with Crippen molar-refractivity contribution in [1.82, 2.24) is 9.78 Å². The van der Waals surface area contributed by atoms with Crippen LogP contribution < -0.4 is 0 Å². The van der Waals surface area contributed by atoms with Crippen LogP contribution in [0.3, 0.4) is 0 Å². The summed E-state index contributed by atoms with van der Waals surface area (Å²) < 4.78 is 14.3. The third-order valence-corrected chi connectivity index (χ3v) is 2.30. The fourth-order valence-electron chi connectivity index (χ4n) is 1.17. The fraction of sp³-hybridized carbons (Fsp3) is 0.100. The monoisotopic (exact) mass is 210 g/mol. The van der Waals surface area contributed by atoms with Crippen LogP contribution in [0.5, 0.6) is 0 Å². The molecule has 2 nitrogen and oxygen atoms in total. The number of hydrogen-bond donors (Lipinski definition) is 0. The maximum absolute atomic E-state index is 12.6. The van der Waals surface area contributed by atoms with E-state index in [2.05, 4.69) is 5.10 Å². The highest BCUT2D eigenvalue weighted by Crippen LogP contribution is 2.15. The molecule has 2 aromatic rings. The van der Waals surface area contributed by atoms with Gasteiger partial charge in [0.15, 0.2) is 5.15 Å². The summed E-state index contributed by atoms with van der Waals surface area (Å²) in [5, 5.41) is 4.54. The average Bonchev–Trinajstić information content (AvgIpc) is 2.48. The van der Waals surface area contributed by atoms with E-state index in [1.54, 1.807) is 23.0 Å². The van der Waals surface area contributed by atoms with E-state index in [1.807, 2.05) is 6.92 Å². The molecular formula is C10H8ClFN2. The van der Waals surface area contributed by atoms with Crippen LogP contribution >= 0.6 is 11.6 Å². The molecule has 14 heavy (non-hydrogen) atoms. The van der Waals surface area contributed by atoms with Crippen molar-refractivity contribution in [3.05, 3.63) is 47.0 Å². The van der Waals surface area contributed by atoms with Gasteiger partial charge in [-0.25, -0.2) is 9.07 Å². The van der Waals surface area contributed by atoms with Crippen molar-refractivity contribution in [1.29, 1.82) is 0 Å². The molecule has 0 aliphatic rings. The van der Waals surface area contributed by atoms with Gasteiger partial charge in [-0.3, -0.25) is 0 Å². The van der Waals surface area contributed by atoms with E-state index in [0.717, 1.165) is 11.3 Å². The standard InChI is InChI=1S/C10H8ClFN2/c1-7-6-14(13-10(7)11)9-4-2-8(12)3-5-9/h2-6H,1H3. The van der Waals surface area contributed by atoms with Gasteiger partial charge in [0, 0.05) is 11.8 Å². The second kappa shape index (κ2) is 3.42. The summed E-state index contributed by atoms with van der Waals surface area (Å²) in [6.07, 6.45) is 1.80. The van der Waals surface area contributed by atoms with Gasteiger partial charge in [0.2, 0.25) is 0 Å². The van der Waals surface area contributed by atoms with Gasteiger partial charge in [0.25, 0.3) is 0 Å². The van der Waals surface area contributed by atoms with E-state index in [4.69, 9.17) is 11.6 Å². The van der Waals surface area contributed by atoms with Crippen LogP contribution in [-0.4, -0.2) is 9.78 Å². The molecular weight excluding hydrogens is 203 g/mol. The zero-order chi connectivity index (χ0) is 10.1. The first-order chi connectivity index (χ1) is 6.66. The largest absolute Gasteiger partial charge is 0.239 e. The summed E-state index contributed by atoms with van der Waals surface area (Å²) in [6.45, 7) is 1.87. The van der Waals surface area contributed by atoms with E-state index >= 15 is 0 Å². The van der Waals surface area contributed by atoms with E-state index in [9.17, 15) is 4.39 Å². The molecule has 2 rings (SSSR count). The summed E-state index contributed by atoms with van der Waals surface area (Å²) in [4.78, 5) is 0. The second-order valence-electron chi connectivity index (χ2n) is 3.02. The molecule has 0 saturated heterocycles. The molecule has 0 atom stereocenters. The van der Waals surface area contributed by atoms with Gasteiger partial charge in [-0.15, -0.1) is 0 Å². The zero-order valence-electron chi connectivity index (χ0n) is 7.54. The van der Waals surface area contributed by atoms with Crippen LogP contribution in [0.2, 0.25) is 5.15 Å². The molecule has 0 spiro atoms. The third kappa shape index (κ3) is 1.63. The van der Waals surface area contributed by atoms with Gasteiger partial charge in [-0.2, -0.15) is 5.10 Å².